The predicted octanol–water partition coefficient (Wildman–Crippen LogP) is 3.90. The molecule has 1 aliphatic carbocycles. The third-order valence-electron chi connectivity index (χ3n) is 5.02. The van der Waals surface area contributed by atoms with Crippen molar-refractivity contribution >= 4 is 5.91 Å². The van der Waals surface area contributed by atoms with Crippen LogP contribution in [0.15, 0.2) is 24.3 Å². The van der Waals surface area contributed by atoms with Gasteiger partial charge in [0.2, 0.25) is 5.91 Å². The van der Waals surface area contributed by atoms with Crippen LogP contribution in [0, 0.1) is 5.41 Å². The molecule has 122 valence electrons. The standard InChI is InChI=1S/C19H30N2O/c1-14(2)15-7-9-16(10-8-15)17(20)13-21-18(22)19(3)11-5-4-6-12-19/h7-10,14,17H,4-6,11-13,20H2,1-3H3,(H,21,22)/t17-/m0/s1. The first-order valence-corrected chi connectivity index (χ1v) is 8.56. The number of carbonyl (C=O) groups is 1. The van der Waals surface area contributed by atoms with Gasteiger partial charge in [-0.2, -0.15) is 0 Å². The minimum atomic E-state index is -0.195. The smallest absolute Gasteiger partial charge is 0.226 e. The Morgan fingerprint density at radius 2 is 1.68 bits per heavy atom. The molecular weight excluding hydrogens is 272 g/mol. The molecule has 0 spiro atoms. The second-order valence-electron chi connectivity index (χ2n) is 7.26. The maximum atomic E-state index is 12.4. The van der Waals surface area contributed by atoms with E-state index in [1.165, 1.54) is 12.0 Å². The van der Waals surface area contributed by atoms with Gasteiger partial charge in [-0.05, 0) is 29.9 Å². The molecule has 0 unspecified atom stereocenters. The molecule has 0 aliphatic heterocycles. The van der Waals surface area contributed by atoms with E-state index in [-0.39, 0.29) is 17.4 Å². The molecule has 1 aromatic rings. The molecule has 1 aliphatic rings. The fourth-order valence-electron chi connectivity index (χ4n) is 3.22. The molecule has 1 aromatic carbocycles. The minimum Gasteiger partial charge on any atom is -0.354 e. The summed E-state index contributed by atoms with van der Waals surface area (Å²) < 4.78 is 0. The normalized spacial score (nSPS) is 19.0. The maximum absolute atomic E-state index is 12.4. The first-order valence-electron chi connectivity index (χ1n) is 8.56. The Morgan fingerprint density at radius 3 is 2.23 bits per heavy atom. The lowest BCUT2D eigenvalue weighted by Gasteiger charge is -2.32. The van der Waals surface area contributed by atoms with Crippen LogP contribution >= 0.6 is 0 Å². The molecule has 0 aromatic heterocycles. The summed E-state index contributed by atoms with van der Waals surface area (Å²) in [4.78, 5) is 12.4. The Hall–Kier alpha value is -1.35. The third kappa shape index (κ3) is 4.10. The van der Waals surface area contributed by atoms with Crippen molar-refractivity contribution in [2.45, 2.75) is 64.8 Å². The summed E-state index contributed by atoms with van der Waals surface area (Å²) in [5, 5.41) is 3.06. The molecular formula is C19H30N2O. The monoisotopic (exact) mass is 302 g/mol. The zero-order valence-electron chi connectivity index (χ0n) is 14.2. The van der Waals surface area contributed by atoms with Gasteiger partial charge in [0.05, 0.1) is 0 Å². The largest absolute Gasteiger partial charge is 0.354 e. The highest BCUT2D eigenvalue weighted by Gasteiger charge is 2.34. The Kier molecular flexibility index (Phi) is 5.63. The Morgan fingerprint density at radius 1 is 1.14 bits per heavy atom. The van der Waals surface area contributed by atoms with Gasteiger partial charge in [-0.3, -0.25) is 4.79 Å². The second-order valence-corrected chi connectivity index (χ2v) is 7.26. The van der Waals surface area contributed by atoms with Crippen molar-refractivity contribution in [2.24, 2.45) is 11.1 Å². The number of hydrogen-bond acceptors (Lipinski definition) is 2. The topological polar surface area (TPSA) is 55.1 Å². The van der Waals surface area contributed by atoms with Gasteiger partial charge in [0.15, 0.2) is 0 Å². The molecule has 1 atom stereocenters. The van der Waals surface area contributed by atoms with Crippen LogP contribution in [0.5, 0.6) is 0 Å². The average Bonchev–Trinajstić information content (AvgIpc) is 2.53. The van der Waals surface area contributed by atoms with Gasteiger partial charge in [-0.1, -0.05) is 64.3 Å². The summed E-state index contributed by atoms with van der Waals surface area (Å²) in [7, 11) is 0. The summed E-state index contributed by atoms with van der Waals surface area (Å²) in [6.45, 7) is 6.96. The van der Waals surface area contributed by atoms with E-state index in [9.17, 15) is 4.79 Å². The molecule has 3 heteroatoms. The maximum Gasteiger partial charge on any atom is 0.226 e. The minimum absolute atomic E-state index is 0.141. The average molecular weight is 302 g/mol. The van der Waals surface area contributed by atoms with Crippen LogP contribution in [0.4, 0.5) is 0 Å². The van der Waals surface area contributed by atoms with Crippen LogP contribution in [0.3, 0.4) is 0 Å². The summed E-state index contributed by atoms with van der Waals surface area (Å²) in [5.74, 6) is 0.692. The summed E-state index contributed by atoms with van der Waals surface area (Å²) >= 11 is 0. The van der Waals surface area contributed by atoms with Crippen LogP contribution in [0.1, 0.15) is 76.0 Å². The highest BCUT2D eigenvalue weighted by molar-refractivity contribution is 5.82. The van der Waals surface area contributed by atoms with E-state index in [1.807, 2.05) is 0 Å². The molecule has 3 N–H and O–H groups in total. The van der Waals surface area contributed by atoms with E-state index in [4.69, 9.17) is 5.73 Å². The number of hydrogen-bond donors (Lipinski definition) is 2. The number of nitrogens with one attached hydrogen (secondary N) is 1. The highest BCUT2D eigenvalue weighted by Crippen LogP contribution is 2.35. The Labute approximate surface area is 134 Å². The Bertz CT molecular complexity index is 487. The van der Waals surface area contributed by atoms with Gasteiger partial charge in [0, 0.05) is 18.0 Å². The molecule has 22 heavy (non-hydrogen) atoms. The molecule has 1 saturated carbocycles. The molecule has 0 bridgehead atoms. The van der Waals surface area contributed by atoms with Crippen molar-refractivity contribution < 1.29 is 4.79 Å². The molecule has 1 fully saturated rings. The first kappa shape index (κ1) is 17.0. The third-order valence-corrected chi connectivity index (χ3v) is 5.02. The number of rotatable bonds is 5. The Balaban J connectivity index is 1.89. The van der Waals surface area contributed by atoms with Crippen molar-refractivity contribution in [3.63, 3.8) is 0 Å². The molecule has 2 rings (SSSR count). The van der Waals surface area contributed by atoms with E-state index in [1.54, 1.807) is 0 Å². The van der Waals surface area contributed by atoms with E-state index < -0.39 is 0 Å². The zero-order valence-corrected chi connectivity index (χ0v) is 14.2. The zero-order chi connectivity index (χ0) is 16.2. The van der Waals surface area contributed by atoms with Crippen LogP contribution < -0.4 is 11.1 Å². The number of carbonyl (C=O) groups excluding carboxylic acids is 1. The summed E-state index contributed by atoms with van der Waals surface area (Å²) in [5.41, 5.74) is 8.43. The molecule has 0 radical (unpaired) electrons. The first-order chi connectivity index (χ1) is 10.4. The van der Waals surface area contributed by atoms with E-state index >= 15 is 0 Å². The lowest BCUT2D eigenvalue weighted by molar-refractivity contribution is -0.131. The number of nitrogens with two attached hydrogens (primary N) is 1. The van der Waals surface area contributed by atoms with E-state index in [0.29, 0.717) is 12.5 Å². The molecule has 3 nitrogen and oxygen atoms in total. The van der Waals surface area contributed by atoms with Crippen LogP contribution in [0.25, 0.3) is 0 Å². The van der Waals surface area contributed by atoms with Crippen molar-refractivity contribution in [3.05, 3.63) is 35.4 Å². The van der Waals surface area contributed by atoms with E-state index in [2.05, 4.69) is 50.4 Å². The van der Waals surface area contributed by atoms with Crippen molar-refractivity contribution in [2.75, 3.05) is 6.54 Å². The predicted molar refractivity (Wildman–Crippen MR) is 91.7 cm³/mol. The van der Waals surface area contributed by atoms with E-state index in [0.717, 1.165) is 31.2 Å². The molecule has 0 saturated heterocycles. The lowest BCUT2D eigenvalue weighted by Crippen LogP contribution is -2.42. The van der Waals surface area contributed by atoms with Gasteiger partial charge in [-0.25, -0.2) is 0 Å². The van der Waals surface area contributed by atoms with Gasteiger partial charge in [0.1, 0.15) is 0 Å². The fourth-order valence-corrected chi connectivity index (χ4v) is 3.22. The molecule has 0 heterocycles. The molecule has 1 amide bonds. The fraction of sp³-hybridized carbons (Fsp3) is 0.632. The van der Waals surface area contributed by atoms with Crippen LogP contribution in [-0.4, -0.2) is 12.5 Å². The lowest BCUT2D eigenvalue weighted by atomic mass is 9.75. The second kappa shape index (κ2) is 7.28. The van der Waals surface area contributed by atoms with Crippen molar-refractivity contribution in [3.8, 4) is 0 Å². The van der Waals surface area contributed by atoms with Gasteiger partial charge in [-0.15, -0.1) is 0 Å². The van der Waals surface area contributed by atoms with Crippen molar-refractivity contribution in [1.82, 2.24) is 5.32 Å². The number of benzene rings is 1. The van der Waals surface area contributed by atoms with Crippen LogP contribution in [-0.2, 0) is 4.79 Å². The number of amides is 1. The van der Waals surface area contributed by atoms with Gasteiger partial charge < -0.3 is 11.1 Å². The quantitative estimate of drug-likeness (QED) is 0.866. The summed E-state index contributed by atoms with van der Waals surface area (Å²) in [6, 6.07) is 8.27. The van der Waals surface area contributed by atoms with Crippen LogP contribution in [0.2, 0.25) is 0 Å². The van der Waals surface area contributed by atoms with Crippen molar-refractivity contribution in [1.29, 1.82) is 0 Å². The van der Waals surface area contributed by atoms with Gasteiger partial charge >= 0.3 is 0 Å². The highest BCUT2D eigenvalue weighted by atomic mass is 16.2. The summed E-state index contributed by atoms with van der Waals surface area (Å²) in [6.07, 6.45) is 5.57. The SMILES string of the molecule is CC(C)c1ccc([C@@H](N)CNC(=O)C2(C)CCCCC2)cc1. The van der Waals surface area contributed by atoms with Gasteiger partial charge in [0.25, 0.3) is 0 Å².